The van der Waals surface area contributed by atoms with Gasteiger partial charge in [0.15, 0.2) is 11.6 Å². The van der Waals surface area contributed by atoms with Crippen LogP contribution in [-0.4, -0.2) is 19.3 Å². The van der Waals surface area contributed by atoms with Gasteiger partial charge in [0.1, 0.15) is 18.2 Å². The van der Waals surface area contributed by atoms with E-state index in [2.05, 4.69) is 10.2 Å². The van der Waals surface area contributed by atoms with Crippen LogP contribution in [0.4, 0.5) is 8.78 Å². The molecule has 0 aliphatic heterocycles. The molecule has 6 nitrogen and oxygen atoms in total. The summed E-state index contributed by atoms with van der Waals surface area (Å²) in [6.07, 6.45) is 1.45. The average molecular weight is 334 g/mol. The maximum atomic E-state index is 13.6. The van der Waals surface area contributed by atoms with Crippen LogP contribution in [0.15, 0.2) is 46.6 Å². The number of guanidine groups is 1. The lowest BCUT2D eigenvalue weighted by atomic mass is 10.1. The Morgan fingerprint density at radius 2 is 1.88 bits per heavy atom. The minimum absolute atomic E-state index is 0.0235. The minimum atomic E-state index is -0.778. The highest BCUT2D eigenvalue weighted by Gasteiger charge is 2.08. The monoisotopic (exact) mass is 334 g/mol. The van der Waals surface area contributed by atoms with E-state index >= 15 is 0 Å². The Labute approximate surface area is 137 Å². The lowest BCUT2D eigenvalue weighted by molar-refractivity contribution is 0.282. The molecule has 2 rings (SSSR count). The van der Waals surface area contributed by atoms with Crippen LogP contribution < -0.4 is 20.9 Å². The Balaban J connectivity index is 2.18. The van der Waals surface area contributed by atoms with Crippen LogP contribution >= 0.6 is 0 Å². The van der Waals surface area contributed by atoms with E-state index < -0.39 is 11.6 Å². The highest BCUT2D eigenvalue weighted by atomic mass is 19.1. The second-order valence-corrected chi connectivity index (χ2v) is 4.70. The normalized spacial score (nSPS) is 10.6. The highest BCUT2D eigenvalue weighted by molar-refractivity contribution is 5.82. The first kappa shape index (κ1) is 17.2. The van der Waals surface area contributed by atoms with Gasteiger partial charge in [-0.2, -0.15) is 5.10 Å². The molecule has 24 heavy (non-hydrogen) atoms. The summed E-state index contributed by atoms with van der Waals surface area (Å²) in [6, 6.07) is 8.27. The first-order chi connectivity index (χ1) is 11.5. The van der Waals surface area contributed by atoms with E-state index in [4.69, 9.17) is 20.9 Å². The van der Waals surface area contributed by atoms with Crippen molar-refractivity contribution in [3.8, 4) is 11.5 Å². The van der Waals surface area contributed by atoms with E-state index in [0.717, 1.165) is 12.1 Å². The van der Waals surface area contributed by atoms with E-state index in [-0.39, 0.29) is 18.3 Å². The summed E-state index contributed by atoms with van der Waals surface area (Å²) in [4.78, 5) is 0. The summed E-state index contributed by atoms with van der Waals surface area (Å²) >= 11 is 0. The number of hydrogen-bond acceptors (Lipinski definition) is 4. The smallest absolute Gasteiger partial charge is 0.211 e. The highest BCUT2D eigenvalue weighted by Crippen LogP contribution is 2.23. The number of ether oxygens (including phenoxy) is 2. The van der Waals surface area contributed by atoms with Gasteiger partial charge in [0, 0.05) is 11.6 Å². The molecule has 2 aromatic carbocycles. The second kappa shape index (κ2) is 7.91. The van der Waals surface area contributed by atoms with Gasteiger partial charge in [-0.05, 0) is 35.9 Å². The molecule has 8 heteroatoms. The Morgan fingerprint density at radius 1 is 1.12 bits per heavy atom. The maximum absolute atomic E-state index is 13.6. The molecule has 4 N–H and O–H groups in total. The average Bonchev–Trinajstić information content (AvgIpc) is 2.54. The van der Waals surface area contributed by atoms with Gasteiger partial charge in [-0.15, -0.1) is 5.10 Å². The van der Waals surface area contributed by atoms with Gasteiger partial charge in [0.2, 0.25) is 5.96 Å². The van der Waals surface area contributed by atoms with Crippen molar-refractivity contribution < 1.29 is 18.3 Å². The van der Waals surface area contributed by atoms with Crippen molar-refractivity contribution in [3.05, 3.63) is 59.2 Å². The molecule has 126 valence electrons. The maximum Gasteiger partial charge on any atom is 0.211 e. The number of benzene rings is 2. The summed E-state index contributed by atoms with van der Waals surface area (Å²) in [6.45, 7) is 0.0235. The Morgan fingerprint density at radius 3 is 2.54 bits per heavy atom. The fraction of sp³-hybridized carbons (Fsp3) is 0.125. The third kappa shape index (κ3) is 4.67. The summed E-state index contributed by atoms with van der Waals surface area (Å²) in [7, 11) is 1.50. The van der Waals surface area contributed by atoms with Gasteiger partial charge in [-0.1, -0.05) is 0 Å². The number of rotatable bonds is 6. The number of nitrogens with two attached hydrogens (primary N) is 2. The lowest BCUT2D eigenvalue weighted by Crippen LogP contribution is -2.21. The predicted octanol–water partition coefficient (Wildman–Crippen LogP) is 2.16. The van der Waals surface area contributed by atoms with Crippen LogP contribution in [0.3, 0.4) is 0 Å². The molecule has 0 aliphatic rings. The molecule has 0 amide bonds. The van der Waals surface area contributed by atoms with Gasteiger partial charge >= 0.3 is 0 Å². The molecule has 0 unspecified atom stereocenters. The zero-order chi connectivity index (χ0) is 17.5. The van der Waals surface area contributed by atoms with Crippen LogP contribution in [0, 0.1) is 11.6 Å². The van der Waals surface area contributed by atoms with Gasteiger partial charge in [-0.3, -0.25) is 0 Å². The SMILES string of the molecule is COc1ccc(C=NN=C(N)N)cc1COc1ccc(F)cc1F. The van der Waals surface area contributed by atoms with Crippen LogP contribution in [-0.2, 0) is 6.61 Å². The molecule has 0 heterocycles. The van der Waals surface area contributed by atoms with E-state index in [9.17, 15) is 8.78 Å². The van der Waals surface area contributed by atoms with Crippen LogP contribution in [0.2, 0.25) is 0 Å². The van der Waals surface area contributed by atoms with Crippen molar-refractivity contribution >= 4 is 12.2 Å². The van der Waals surface area contributed by atoms with Crippen molar-refractivity contribution in [3.63, 3.8) is 0 Å². The van der Waals surface area contributed by atoms with Gasteiger partial charge in [-0.25, -0.2) is 8.78 Å². The fourth-order valence-corrected chi connectivity index (χ4v) is 1.90. The number of methoxy groups -OCH3 is 1. The van der Waals surface area contributed by atoms with Crippen molar-refractivity contribution in [1.29, 1.82) is 0 Å². The Kier molecular flexibility index (Phi) is 5.67. The topological polar surface area (TPSA) is 95.2 Å². The number of nitrogens with zero attached hydrogens (tertiary/aromatic N) is 2. The van der Waals surface area contributed by atoms with E-state index in [1.165, 1.54) is 19.4 Å². The summed E-state index contributed by atoms with van der Waals surface area (Å²) < 4.78 is 37.1. The molecule has 0 aromatic heterocycles. The van der Waals surface area contributed by atoms with Crippen molar-refractivity contribution in [2.75, 3.05) is 7.11 Å². The molecular formula is C16H16F2N4O2. The van der Waals surface area contributed by atoms with Crippen molar-refractivity contribution in [2.24, 2.45) is 21.7 Å². The van der Waals surface area contributed by atoms with Gasteiger partial charge in [0.05, 0.1) is 13.3 Å². The minimum Gasteiger partial charge on any atom is -0.496 e. The quantitative estimate of drug-likeness (QED) is 0.481. The summed E-state index contributed by atoms with van der Waals surface area (Å²) in [5.41, 5.74) is 11.7. The summed E-state index contributed by atoms with van der Waals surface area (Å²) in [5.74, 6) is -1.11. The fourth-order valence-electron chi connectivity index (χ4n) is 1.90. The van der Waals surface area contributed by atoms with Gasteiger partial charge in [0.25, 0.3) is 0 Å². The first-order valence-electron chi connectivity index (χ1n) is 6.86. The predicted molar refractivity (Wildman–Crippen MR) is 87.1 cm³/mol. The Bertz CT molecular complexity index is 775. The largest absolute Gasteiger partial charge is 0.496 e. The van der Waals surface area contributed by atoms with Crippen LogP contribution in [0.5, 0.6) is 11.5 Å². The zero-order valence-electron chi connectivity index (χ0n) is 12.9. The molecule has 0 bridgehead atoms. The van der Waals surface area contributed by atoms with E-state index in [0.29, 0.717) is 16.9 Å². The molecule has 0 saturated heterocycles. The first-order valence-corrected chi connectivity index (χ1v) is 6.86. The standard InChI is InChI=1S/C16H16F2N4O2/c1-23-14-4-2-10(8-21-22-16(19)20)6-11(14)9-24-15-5-3-12(17)7-13(15)18/h2-8H,9H2,1H3,(H4,19,20,22). The second-order valence-electron chi connectivity index (χ2n) is 4.70. The number of hydrogen-bond donors (Lipinski definition) is 2. The lowest BCUT2D eigenvalue weighted by Gasteiger charge is -2.11. The van der Waals surface area contributed by atoms with Crippen molar-refractivity contribution in [2.45, 2.75) is 6.61 Å². The molecular weight excluding hydrogens is 318 g/mol. The molecule has 0 atom stereocenters. The van der Waals surface area contributed by atoms with Crippen LogP contribution in [0.1, 0.15) is 11.1 Å². The van der Waals surface area contributed by atoms with Crippen molar-refractivity contribution in [1.82, 2.24) is 0 Å². The van der Waals surface area contributed by atoms with E-state index in [1.807, 2.05) is 0 Å². The molecule has 0 aliphatic carbocycles. The third-order valence-corrected chi connectivity index (χ3v) is 2.96. The Hall–Kier alpha value is -3.16. The van der Waals surface area contributed by atoms with Crippen LogP contribution in [0.25, 0.3) is 0 Å². The molecule has 0 fully saturated rings. The molecule has 0 spiro atoms. The van der Waals surface area contributed by atoms with Gasteiger partial charge < -0.3 is 20.9 Å². The molecule has 0 radical (unpaired) electrons. The van der Waals surface area contributed by atoms with E-state index in [1.54, 1.807) is 18.2 Å². The third-order valence-electron chi connectivity index (χ3n) is 2.96. The number of halogens is 2. The molecule has 0 saturated carbocycles. The molecule has 2 aromatic rings. The zero-order valence-corrected chi connectivity index (χ0v) is 12.9. The summed E-state index contributed by atoms with van der Waals surface area (Å²) in [5, 5.41) is 7.21.